The van der Waals surface area contributed by atoms with Gasteiger partial charge in [-0.1, -0.05) is 30.8 Å². The lowest BCUT2D eigenvalue weighted by molar-refractivity contribution is -0.380. The molecular weight excluding hydrogens is 276 g/mol. The van der Waals surface area contributed by atoms with Gasteiger partial charge in [-0.2, -0.15) is 0 Å². The normalized spacial score (nSPS) is 15.4. The number of hydrogen-bond acceptors (Lipinski definition) is 5. The number of nitrogens with zero attached hydrogens (tertiary/aromatic N) is 1. The number of rotatable bonds is 6. The largest absolute Gasteiger partial charge is 0.383 e. The van der Waals surface area contributed by atoms with E-state index in [-0.39, 0.29) is 10.9 Å². The molecule has 2 unspecified atom stereocenters. The van der Waals surface area contributed by atoms with E-state index in [9.17, 15) is 15.2 Å². The summed E-state index contributed by atoms with van der Waals surface area (Å²) in [6.45, 7) is 7.63. The zero-order chi connectivity index (χ0) is 15.4. The van der Waals surface area contributed by atoms with Gasteiger partial charge >= 0.3 is 5.00 Å². The molecule has 0 radical (unpaired) electrons. The van der Waals surface area contributed by atoms with Gasteiger partial charge < -0.3 is 10.5 Å². The van der Waals surface area contributed by atoms with Gasteiger partial charge in [0.05, 0.1) is 4.92 Å². The fraction of sp³-hybridized carbons (Fsp3) is 0.500. The Morgan fingerprint density at radius 2 is 2.10 bits per heavy atom. The molecule has 5 nitrogen and oxygen atoms in total. The molecule has 0 aliphatic carbocycles. The van der Waals surface area contributed by atoms with E-state index in [4.69, 9.17) is 5.41 Å². The average Bonchev–Trinajstić information content (AvgIpc) is 2.86. The number of allylic oxidation sites excluding steroid dienone is 1. The SMILES string of the molecule is CCC(C)/C(C)=C(\C(C)=N)C(O)c1ccc([N+](=O)[O-])s1. The minimum absolute atomic E-state index is 0.00206. The number of thiophene rings is 1. The Kier molecular flexibility index (Phi) is 5.59. The molecule has 110 valence electrons. The van der Waals surface area contributed by atoms with Crippen LogP contribution in [0.4, 0.5) is 5.00 Å². The highest BCUT2D eigenvalue weighted by Crippen LogP contribution is 2.35. The highest BCUT2D eigenvalue weighted by Gasteiger charge is 2.23. The van der Waals surface area contributed by atoms with Gasteiger partial charge in [-0.25, -0.2) is 0 Å². The number of aliphatic hydroxyl groups excluding tert-OH is 1. The fourth-order valence-electron chi connectivity index (χ4n) is 2.02. The number of hydrogen-bond donors (Lipinski definition) is 2. The molecule has 6 heteroatoms. The Morgan fingerprint density at radius 1 is 1.50 bits per heavy atom. The van der Waals surface area contributed by atoms with Gasteiger partial charge in [-0.05, 0) is 32.3 Å². The Labute approximate surface area is 122 Å². The van der Waals surface area contributed by atoms with Crippen LogP contribution in [-0.4, -0.2) is 15.7 Å². The third-order valence-electron chi connectivity index (χ3n) is 3.52. The lowest BCUT2D eigenvalue weighted by Crippen LogP contribution is -2.12. The molecule has 1 aromatic heterocycles. The second-order valence-electron chi connectivity index (χ2n) is 4.87. The summed E-state index contributed by atoms with van der Waals surface area (Å²) in [7, 11) is 0. The number of aliphatic hydroxyl groups is 1. The summed E-state index contributed by atoms with van der Waals surface area (Å²) in [5.74, 6) is 0.259. The van der Waals surface area contributed by atoms with Gasteiger partial charge in [-0.3, -0.25) is 10.1 Å². The summed E-state index contributed by atoms with van der Waals surface area (Å²) < 4.78 is 0. The van der Waals surface area contributed by atoms with E-state index in [0.717, 1.165) is 23.3 Å². The predicted octanol–water partition coefficient (Wildman–Crippen LogP) is 4.09. The van der Waals surface area contributed by atoms with E-state index in [2.05, 4.69) is 0 Å². The van der Waals surface area contributed by atoms with Crippen LogP contribution in [0.2, 0.25) is 0 Å². The van der Waals surface area contributed by atoms with Crippen molar-refractivity contribution >= 4 is 22.0 Å². The second kappa shape index (κ2) is 6.76. The van der Waals surface area contributed by atoms with Crippen molar-refractivity contribution in [1.29, 1.82) is 5.41 Å². The predicted molar refractivity (Wildman–Crippen MR) is 81.5 cm³/mol. The van der Waals surface area contributed by atoms with Crippen molar-refractivity contribution in [2.75, 3.05) is 0 Å². The van der Waals surface area contributed by atoms with Crippen LogP contribution < -0.4 is 0 Å². The maximum absolute atomic E-state index is 10.7. The molecular formula is C14H20N2O3S. The minimum Gasteiger partial charge on any atom is -0.383 e. The van der Waals surface area contributed by atoms with Crippen LogP contribution in [0.3, 0.4) is 0 Å². The molecule has 0 fully saturated rings. The van der Waals surface area contributed by atoms with E-state index in [1.807, 2.05) is 20.8 Å². The molecule has 0 amide bonds. The topological polar surface area (TPSA) is 87.2 Å². The molecule has 0 saturated carbocycles. The molecule has 0 aliphatic heterocycles. The smallest absolute Gasteiger partial charge is 0.324 e. The Hall–Kier alpha value is -1.53. The molecule has 0 aromatic carbocycles. The monoisotopic (exact) mass is 296 g/mol. The first-order chi connectivity index (χ1) is 9.29. The number of nitro groups is 1. The van der Waals surface area contributed by atoms with Crippen molar-refractivity contribution < 1.29 is 10.0 Å². The lowest BCUT2D eigenvalue weighted by Gasteiger charge is -2.20. The summed E-state index contributed by atoms with van der Waals surface area (Å²) >= 11 is 0.952. The van der Waals surface area contributed by atoms with Gasteiger partial charge in [0.25, 0.3) is 0 Å². The summed E-state index contributed by atoms with van der Waals surface area (Å²) in [4.78, 5) is 10.7. The molecule has 0 bridgehead atoms. The Balaban J connectivity index is 3.21. The van der Waals surface area contributed by atoms with Gasteiger partial charge in [-0.15, -0.1) is 0 Å². The highest BCUT2D eigenvalue weighted by atomic mass is 32.1. The van der Waals surface area contributed by atoms with E-state index >= 15 is 0 Å². The maximum atomic E-state index is 10.7. The highest BCUT2D eigenvalue weighted by molar-refractivity contribution is 7.15. The molecule has 2 atom stereocenters. The zero-order valence-corrected chi connectivity index (χ0v) is 13.0. The van der Waals surface area contributed by atoms with Crippen LogP contribution in [-0.2, 0) is 0 Å². The van der Waals surface area contributed by atoms with Gasteiger partial charge in [0.2, 0.25) is 0 Å². The van der Waals surface area contributed by atoms with Crippen molar-refractivity contribution in [3.05, 3.63) is 38.3 Å². The van der Waals surface area contributed by atoms with Crippen molar-refractivity contribution in [3.63, 3.8) is 0 Å². The van der Waals surface area contributed by atoms with Crippen molar-refractivity contribution in [3.8, 4) is 0 Å². The van der Waals surface area contributed by atoms with Crippen LogP contribution in [0.1, 0.15) is 45.1 Å². The molecule has 0 aliphatic rings. The molecule has 20 heavy (non-hydrogen) atoms. The molecule has 1 aromatic rings. The first-order valence-electron chi connectivity index (χ1n) is 6.47. The van der Waals surface area contributed by atoms with Crippen LogP contribution in [0.5, 0.6) is 0 Å². The molecule has 1 rings (SSSR count). The minimum atomic E-state index is -0.972. The zero-order valence-electron chi connectivity index (χ0n) is 12.1. The molecule has 0 saturated heterocycles. The van der Waals surface area contributed by atoms with E-state index in [0.29, 0.717) is 16.2 Å². The lowest BCUT2D eigenvalue weighted by atomic mass is 9.89. The molecule has 2 N–H and O–H groups in total. The first-order valence-corrected chi connectivity index (χ1v) is 7.29. The van der Waals surface area contributed by atoms with Crippen LogP contribution in [0.15, 0.2) is 23.3 Å². The van der Waals surface area contributed by atoms with Crippen LogP contribution >= 0.6 is 11.3 Å². The van der Waals surface area contributed by atoms with E-state index in [1.54, 1.807) is 13.0 Å². The quantitative estimate of drug-likeness (QED) is 0.471. The molecule has 0 spiro atoms. The van der Waals surface area contributed by atoms with Crippen LogP contribution in [0.25, 0.3) is 0 Å². The Bertz CT molecular complexity index is 548. The van der Waals surface area contributed by atoms with Crippen molar-refractivity contribution in [2.45, 2.75) is 40.2 Å². The van der Waals surface area contributed by atoms with E-state index in [1.165, 1.54) is 6.07 Å². The van der Waals surface area contributed by atoms with Crippen molar-refractivity contribution in [1.82, 2.24) is 0 Å². The summed E-state index contributed by atoms with van der Waals surface area (Å²) in [6, 6.07) is 2.94. The summed E-state index contributed by atoms with van der Waals surface area (Å²) in [6.07, 6.45) is -0.0554. The Morgan fingerprint density at radius 3 is 2.50 bits per heavy atom. The third-order valence-corrected chi connectivity index (χ3v) is 4.61. The van der Waals surface area contributed by atoms with Crippen LogP contribution in [0, 0.1) is 21.4 Å². The second-order valence-corrected chi connectivity index (χ2v) is 5.96. The van der Waals surface area contributed by atoms with Gasteiger partial charge in [0, 0.05) is 22.2 Å². The first kappa shape index (κ1) is 16.5. The van der Waals surface area contributed by atoms with Crippen molar-refractivity contribution in [2.24, 2.45) is 5.92 Å². The van der Waals surface area contributed by atoms with E-state index < -0.39 is 11.0 Å². The summed E-state index contributed by atoms with van der Waals surface area (Å²) in [5.41, 5.74) is 1.83. The summed E-state index contributed by atoms with van der Waals surface area (Å²) in [5, 5.41) is 29.0. The van der Waals surface area contributed by atoms with Gasteiger partial charge in [0.15, 0.2) is 0 Å². The number of nitrogens with one attached hydrogen (secondary N) is 1. The molecule has 1 heterocycles. The maximum Gasteiger partial charge on any atom is 0.324 e. The van der Waals surface area contributed by atoms with Gasteiger partial charge in [0.1, 0.15) is 6.10 Å². The standard InChI is InChI=1S/C14H20N2O3S/c1-5-8(2)9(3)13(10(4)15)14(17)11-6-7-12(20-11)16(18)19/h6-8,14-15,17H,5H2,1-4H3/b13-9+,15-10?. The third kappa shape index (κ3) is 3.52. The average molecular weight is 296 g/mol. The fourth-order valence-corrected chi connectivity index (χ4v) is 2.84.